The predicted octanol–water partition coefficient (Wildman–Crippen LogP) is 4.00. The van der Waals surface area contributed by atoms with Gasteiger partial charge in [0.1, 0.15) is 35.3 Å². The first-order valence-corrected chi connectivity index (χ1v) is 12.5. The summed E-state index contributed by atoms with van der Waals surface area (Å²) in [5, 5.41) is 2.40. The van der Waals surface area contributed by atoms with Gasteiger partial charge in [0.05, 0.1) is 5.56 Å². The van der Waals surface area contributed by atoms with Crippen LogP contribution in [0.2, 0.25) is 0 Å². The number of nitrogens with zero attached hydrogens (tertiary/aromatic N) is 5. The fourth-order valence-corrected chi connectivity index (χ4v) is 4.85. The van der Waals surface area contributed by atoms with Crippen molar-refractivity contribution < 1.29 is 27.5 Å². The molecule has 1 aromatic carbocycles. The number of carbonyl (C=O) groups excluding carboxylic acids is 2. The third kappa shape index (κ3) is 5.45. The van der Waals surface area contributed by atoms with Crippen LogP contribution in [0.4, 0.5) is 24.8 Å². The van der Waals surface area contributed by atoms with E-state index in [-0.39, 0.29) is 35.6 Å². The number of ether oxygens (including phenoxy) is 1. The lowest BCUT2D eigenvalue weighted by molar-refractivity contribution is -0.138. The first-order valence-electron chi connectivity index (χ1n) is 12.5. The van der Waals surface area contributed by atoms with Crippen molar-refractivity contribution in [3.05, 3.63) is 71.9 Å². The van der Waals surface area contributed by atoms with Gasteiger partial charge in [0.25, 0.3) is 5.91 Å². The highest BCUT2D eigenvalue weighted by Gasteiger charge is 2.31. The Labute approximate surface area is 227 Å². The summed E-state index contributed by atoms with van der Waals surface area (Å²) in [6.45, 7) is 1.16. The summed E-state index contributed by atoms with van der Waals surface area (Å²) in [5.74, 6) is 0.0745. The molecule has 0 bridgehead atoms. The predicted molar refractivity (Wildman–Crippen MR) is 140 cm³/mol. The van der Waals surface area contributed by atoms with E-state index in [1.807, 2.05) is 4.40 Å². The van der Waals surface area contributed by atoms with Gasteiger partial charge in [-0.2, -0.15) is 13.2 Å². The molecule has 208 valence electrons. The molecule has 2 amide bonds. The van der Waals surface area contributed by atoms with Crippen molar-refractivity contribution in [2.75, 3.05) is 37.9 Å². The maximum atomic E-state index is 13.0. The van der Waals surface area contributed by atoms with Crippen molar-refractivity contribution in [2.45, 2.75) is 24.9 Å². The van der Waals surface area contributed by atoms with Gasteiger partial charge in [-0.05, 0) is 37.1 Å². The Morgan fingerprint density at radius 2 is 1.93 bits per heavy atom. The van der Waals surface area contributed by atoms with Crippen LogP contribution in [0.5, 0.6) is 0 Å². The number of nitrogen functional groups attached to an aromatic ring is 1. The van der Waals surface area contributed by atoms with Crippen LogP contribution < -0.4 is 11.1 Å². The van der Waals surface area contributed by atoms with Gasteiger partial charge < -0.3 is 20.7 Å². The number of aromatic nitrogens is 4. The van der Waals surface area contributed by atoms with E-state index >= 15 is 0 Å². The number of nitrogens with one attached hydrogen (secondary N) is 1. The molecule has 0 radical (unpaired) electrons. The monoisotopic (exact) mass is 553 g/mol. The summed E-state index contributed by atoms with van der Waals surface area (Å²) in [5.41, 5.74) is 7.39. The maximum absolute atomic E-state index is 13.0. The fraction of sp³-hybridized carbons (Fsp3) is 0.296. The van der Waals surface area contributed by atoms with E-state index in [2.05, 4.69) is 15.3 Å². The highest BCUT2D eigenvalue weighted by atomic mass is 19.4. The molecule has 3 aromatic heterocycles. The van der Waals surface area contributed by atoms with Gasteiger partial charge >= 0.3 is 6.18 Å². The Morgan fingerprint density at radius 3 is 2.65 bits per heavy atom. The molecule has 3 N–H and O–H groups in total. The zero-order valence-electron chi connectivity index (χ0n) is 21.5. The number of hydrogen-bond acceptors (Lipinski definition) is 7. The van der Waals surface area contributed by atoms with Gasteiger partial charge in [-0.25, -0.2) is 15.0 Å². The third-order valence-corrected chi connectivity index (χ3v) is 6.77. The van der Waals surface area contributed by atoms with Crippen LogP contribution in [0.1, 0.15) is 40.5 Å². The summed E-state index contributed by atoms with van der Waals surface area (Å²) in [6.07, 6.45) is 1.44. The van der Waals surface area contributed by atoms with E-state index < -0.39 is 17.6 Å². The Kier molecular flexibility index (Phi) is 7.39. The number of hydrogen-bond donors (Lipinski definition) is 2. The summed E-state index contributed by atoms with van der Waals surface area (Å²) in [6, 6.07) is 8.06. The van der Waals surface area contributed by atoms with E-state index in [0.29, 0.717) is 29.9 Å². The van der Waals surface area contributed by atoms with Crippen LogP contribution in [0.25, 0.3) is 16.8 Å². The van der Waals surface area contributed by atoms with Crippen molar-refractivity contribution in [3.63, 3.8) is 0 Å². The third-order valence-electron chi connectivity index (χ3n) is 6.77. The number of pyridine rings is 1. The number of carbonyl (C=O) groups is 2. The molecule has 10 nitrogen and oxygen atoms in total. The normalized spacial score (nSPS) is 15.8. The topological polar surface area (TPSA) is 128 Å². The number of likely N-dealkylation sites (tertiary alicyclic amines) is 1. The molecule has 0 aliphatic carbocycles. The number of anilines is 2. The Hall–Kier alpha value is -4.52. The lowest BCUT2D eigenvalue weighted by atomic mass is 9.97. The largest absolute Gasteiger partial charge is 0.416 e. The second kappa shape index (κ2) is 10.9. The van der Waals surface area contributed by atoms with E-state index in [1.54, 1.807) is 41.6 Å². The van der Waals surface area contributed by atoms with Crippen molar-refractivity contribution in [1.29, 1.82) is 0 Å². The maximum Gasteiger partial charge on any atom is 0.416 e. The van der Waals surface area contributed by atoms with E-state index in [1.165, 1.54) is 7.11 Å². The van der Waals surface area contributed by atoms with Crippen molar-refractivity contribution >= 4 is 29.0 Å². The minimum Gasteiger partial charge on any atom is -0.382 e. The average molecular weight is 554 g/mol. The number of methoxy groups -OCH3 is 1. The first kappa shape index (κ1) is 27.1. The number of rotatable bonds is 6. The lowest BCUT2D eigenvalue weighted by Gasteiger charge is -2.32. The number of imidazole rings is 1. The SMILES string of the molecule is COCC(=O)N1CCC[C@@H](c2nc(-c3ccc(C(=O)Nc4cc(C(F)(F)F)ccn4)cc3)c3c(N)nccn23)C1. The summed E-state index contributed by atoms with van der Waals surface area (Å²) >= 11 is 0. The Bertz CT molecular complexity index is 1550. The summed E-state index contributed by atoms with van der Waals surface area (Å²) < 4.78 is 45.9. The molecule has 0 spiro atoms. The first-order chi connectivity index (χ1) is 19.2. The summed E-state index contributed by atoms with van der Waals surface area (Å²) in [4.78, 5) is 39.9. The molecule has 0 saturated carbocycles. The van der Waals surface area contributed by atoms with Crippen LogP contribution in [-0.4, -0.2) is 62.9 Å². The van der Waals surface area contributed by atoms with Crippen LogP contribution in [0.3, 0.4) is 0 Å². The highest BCUT2D eigenvalue weighted by Crippen LogP contribution is 2.34. The second-order valence-corrected chi connectivity index (χ2v) is 9.42. The van der Waals surface area contributed by atoms with Gasteiger partial charge in [-0.15, -0.1) is 0 Å². The van der Waals surface area contributed by atoms with Crippen molar-refractivity contribution in [3.8, 4) is 11.3 Å². The summed E-state index contributed by atoms with van der Waals surface area (Å²) in [7, 11) is 1.49. The number of halogens is 3. The molecule has 0 unspecified atom stereocenters. The van der Waals surface area contributed by atoms with Gasteiger partial charge in [-0.3, -0.25) is 14.0 Å². The molecule has 1 aliphatic heterocycles. The Balaban J connectivity index is 1.42. The number of nitrogens with two attached hydrogens (primary N) is 1. The number of fused-ring (bicyclic) bond motifs is 1. The van der Waals surface area contributed by atoms with Gasteiger partial charge in [0.15, 0.2) is 0 Å². The number of benzene rings is 1. The zero-order chi connectivity index (χ0) is 28.4. The van der Waals surface area contributed by atoms with Crippen molar-refractivity contribution in [1.82, 2.24) is 24.3 Å². The quantitative estimate of drug-likeness (QED) is 0.370. The Morgan fingerprint density at radius 1 is 1.15 bits per heavy atom. The molecule has 1 aliphatic rings. The van der Waals surface area contributed by atoms with Crippen LogP contribution in [0.15, 0.2) is 55.0 Å². The van der Waals surface area contributed by atoms with E-state index in [0.717, 1.165) is 37.0 Å². The minimum atomic E-state index is -4.55. The van der Waals surface area contributed by atoms with Gasteiger partial charge in [0.2, 0.25) is 5.91 Å². The molecule has 5 rings (SSSR count). The molecule has 40 heavy (non-hydrogen) atoms. The smallest absolute Gasteiger partial charge is 0.382 e. The lowest BCUT2D eigenvalue weighted by Crippen LogP contribution is -2.41. The van der Waals surface area contributed by atoms with E-state index in [4.69, 9.17) is 15.5 Å². The number of alkyl halides is 3. The standard InChI is InChI=1S/C27H26F3N7O3/c1-40-15-21(38)36-11-2-3-18(14-36)25-35-22(23-24(31)33-10-12-37(23)25)16-4-6-17(7-5-16)26(39)34-20-13-19(8-9-32-20)27(28,29)30/h4-10,12-13,18H,2-3,11,14-15H2,1H3,(H2,31,33)(H,32,34,39)/t18-/m1/s1. The number of piperidine rings is 1. The van der Waals surface area contributed by atoms with Crippen LogP contribution in [-0.2, 0) is 15.7 Å². The molecule has 1 atom stereocenters. The highest BCUT2D eigenvalue weighted by molar-refractivity contribution is 6.04. The molecule has 1 fully saturated rings. The van der Waals surface area contributed by atoms with Crippen molar-refractivity contribution in [2.24, 2.45) is 0 Å². The van der Waals surface area contributed by atoms with Gasteiger partial charge in [0, 0.05) is 55.8 Å². The molecule has 1 saturated heterocycles. The second-order valence-electron chi connectivity index (χ2n) is 9.42. The molecule has 4 aromatic rings. The van der Waals surface area contributed by atoms with Gasteiger partial charge in [-0.1, -0.05) is 12.1 Å². The molecular weight excluding hydrogens is 527 g/mol. The fourth-order valence-electron chi connectivity index (χ4n) is 4.85. The number of amides is 2. The molecular formula is C27H26F3N7O3. The minimum absolute atomic E-state index is 0.0148. The van der Waals surface area contributed by atoms with Crippen LogP contribution in [0, 0.1) is 0 Å². The van der Waals surface area contributed by atoms with E-state index in [9.17, 15) is 22.8 Å². The zero-order valence-corrected chi connectivity index (χ0v) is 21.5. The van der Waals surface area contributed by atoms with Crippen LogP contribution >= 0.6 is 0 Å². The molecule has 13 heteroatoms. The molecule has 4 heterocycles. The average Bonchev–Trinajstić information content (AvgIpc) is 3.34.